The van der Waals surface area contributed by atoms with Crippen LogP contribution in [0.5, 0.6) is 0 Å². The van der Waals surface area contributed by atoms with Gasteiger partial charge in [0.15, 0.2) is 0 Å². The molecule has 4 heteroatoms. The van der Waals surface area contributed by atoms with Crippen molar-refractivity contribution in [2.24, 2.45) is 11.8 Å². The number of carbonyl (C=O) groups excluding carboxylic acids is 1. The number of fused-ring (bicyclic) bond motifs is 2. The zero-order valence-electron chi connectivity index (χ0n) is 20.3. The lowest BCUT2D eigenvalue weighted by molar-refractivity contribution is -0.117. The Hall–Kier alpha value is -3.42. The van der Waals surface area contributed by atoms with Crippen LogP contribution in [-0.2, 0) is 17.8 Å². The highest BCUT2D eigenvalue weighted by Crippen LogP contribution is 2.49. The molecular formula is C31H32N2O2. The molecule has 0 radical (unpaired) electrons. The molecular weight excluding hydrogens is 432 g/mol. The first-order valence-electron chi connectivity index (χ1n) is 12.6. The Labute approximate surface area is 207 Å². The van der Waals surface area contributed by atoms with Gasteiger partial charge in [-0.1, -0.05) is 47.9 Å². The first-order chi connectivity index (χ1) is 17.0. The highest BCUT2D eigenvalue weighted by molar-refractivity contribution is 5.97. The van der Waals surface area contributed by atoms with E-state index >= 15 is 0 Å². The van der Waals surface area contributed by atoms with Crippen LogP contribution >= 0.6 is 0 Å². The molecule has 1 aromatic carbocycles. The number of nitrogens with one attached hydrogen (secondary N) is 1. The van der Waals surface area contributed by atoms with Crippen molar-refractivity contribution in [3.05, 3.63) is 100 Å². The third kappa shape index (κ3) is 5.16. The molecule has 0 aliphatic heterocycles. The summed E-state index contributed by atoms with van der Waals surface area (Å²) in [4.78, 5) is 17.2. The number of amides is 1. The highest BCUT2D eigenvalue weighted by atomic mass is 16.3. The molecule has 35 heavy (non-hydrogen) atoms. The predicted molar refractivity (Wildman–Crippen MR) is 138 cm³/mol. The molecule has 4 nitrogen and oxygen atoms in total. The van der Waals surface area contributed by atoms with Gasteiger partial charge >= 0.3 is 0 Å². The minimum Gasteiger partial charge on any atom is -0.378 e. The number of allylic oxidation sites excluding steroid dienone is 4. The van der Waals surface area contributed by atoms with Crippen LogP contribution < -0.4 is 5.32 Å². The number of rotatable bonds is 5. The van der Waals surface area contributed by atoms with E-state index in [1.165, 1.54) is 22.3 Å². The van der Waals surface area contributed by atoms with Crippen LogP contribution in [0.3, 0.4) is 0 Å². The molecule has 5 rings (SSSR count). The lowest BCUT2D eigenvalue weighted by Crippen LogP contribution is -2.37. The maximum Gasteiger partial charge on any atom is 0.251 e. The van der Waals surface area contributed by atoms with Gasteiger partial charge in [0.2, 0.25) is 0 Å². The van der Waals surface area contributed by atoms with E-state index < -0.39 is 5.60 Å². The van der Waals surface area contributed by atoms with Crippen LogP contribution in [0.15, 0.2) is 89.3 Å². The van der Waals surface area contributed by atoms with Crippen molar-refractivity contribution < 1.29 is 9.90 Å². The van der Waals surface area contributed by atoms with Crippen molar-refractivity contribution in [1.29, 1.82) is 0 Å². The summed E-state index contributed by atoms with van der Waals surface area (Å²) in [6, 6.07) is 14.4. The SMILES string of the molecule is CC#C[C@]1(O)CCC2=C3C(=CC(C(=O)NCc4ccncc4)=C[C@H]3Cc3ccccc3)CC[C@@H]2C1. The second-order valence-corrected chi connectivity index (χ2v) is 9.91. The molecule has 178 valence electrons. The molecule has 0 unspecified atom stereocenters. The van der Waals surface area contributed by atoms with E-state index in [-0.39, 0.29) is 11.8 Å². The van der Waals surface area contributed by atoms with E-state index in [1.54, 1.807) is 19.3 Å². The van der Waals surface area contributed by atoms with Crippen LogP contribution in [0, 0.1) is 23.7 Å². The summed E-state index contributed by atoms with van der Waals surface area (Å²) in [7, 11) is 0. The highest BCUT2D eigenvalue weighted by Gasteiger charge is 2.41. The number of hydrogen-bond donors (Lipinski definition) is 2. The van der Waals surface area contributed by atoms with Gasteiger partial charge in [-0.25, -0.2) is 0 Å². The van der Waals surface area contributed by atoms with Gasteiger partial charge in [0.25, 0.3) is 5.91 Å². The molecule has 0 bridgehead atoms. The van der Waals surface area contributed by atoms with Gasteiger partial charge < -0.3 is 10.4 Å². The Balaban J connectivity index is 1.45. The topological polar surface area (TPSA) is 62.2 Å². The van der Waals surface area contributed by atoms with Crippen LogP contribution in [-0.4, -0.2) is 21.6 Å². The van der Waals surface area contributed by atoms with Gasteiger partial charge in [-0.3, -0.25) is 9.78 Å². The van der Waals surface area contributed by atoms with E-state index in [9.17, 15) is 9.90 Å². The van der Waals surface area contributed by atoms with Crippen LogP contribution in [0.1, 0.15) is 50.2 Å². The maximum absolute atomic E-state index is 13.2. The fraction of sp³-hybridized carbons (Fsp3) is 0.355. The Morgan fingerprint density at radius 2 is 1.94 bits per heavy atom. The van der Waals surface area contributed by atoms with E-state index in [2.05, 4.69) is 58.6 Å². The minimum atomic E-state index is -0.873. The first-order valence-corrected chi connectivity index (χ1v) is 12.6. The van der Waals surface area contributed by atoms with Gasteiger partial charge in [0.1, 0.15) is 5.60 Å². The summed E-state index contributed by atoms with van der Waals surface area (Å²) in [6.07, 6.45) is 12.8. The Bertz CT molecular complexity index is 1250. The third-order valence-corrected chi connectivity index (χ3v) is 7.54. The van der Waals surface area contributed by atoms with Crippen molar-refractivity contribution >= 4 is 5.91 Å². The standard InChI is InChI=1S/C31H32N2O2/c1-2-13-31(35)14-10-28-25(20-31)9-8-24-18-27(30(34)33-21-23-11-15-32-16-12-23)19-26(29(24)28)17-22-6-4-3-5-7-22/h3-7,11-12,15-16,18-19,25-26,35H,8-10,14,17,20-21H2,1H3,(H,33,34)/t25-,26-,31+/m1/s1. The molecule has 1 amide bonds. The van der Waals surface area contributed by atoms with Crippen molar-refractivity contribution in [3.63, 3.8) is 0 Å². The zero-order valence-corrected chi connectivity index (χ0v) is 20.3. The van der Waals surface area contributed by atoms with Crippen molar-refractivity contribution in [2.45, 2.75) is 57.6 Å². The molecule has 0 spiro atoms. The first kappa shape index (κ1) is 23.3. The lowest BCUT2D eigenvalue weighted by Gasteiger charge is -2.42. The number of nitrogens with zero attached hydrogens (tertiary/aromatic N) is 1. The zero-order chi connectivity index (χ0) is 24.3. The molecule has 2 N–H and O–H groups in total. The number of hydrogen-bond acceptors (Lipinski definition) is 3. The van der Waals surface area contributed by atoms with E-state index in [0.29, 0.717) is 25.3 Å². The Morgan fingerprint density at radius 1 is 1.14 bits per heavy atom. The van der Waals surface area contributed by atoms with Gasteiger partial charge in [-0.2, -0.15) is 0 Å². The summed E-state index contributed by atoms with van der Waals surface area (Å²) in [6.45, 7) is 2.29. The summed E-state index contributed by atoms with van der Waals surface area (Å²) >= 11 is 0. The Kier molecular flexibility index (Phi) is 6.70. The average molecular weight is 465 g/mol. The fourth-order valence-corrected chi connectivity index (χ4v) is 5.94. The number of aliphatic hydroxyl groups is 1. The fourth-order valence-electron chi connectivity index (χ4n) is 5.94. The van der Waals surface area contributed by atoms with Crippen molar-refractivity contribution in [3.8, 4) is 11.8 Å². The van der Waals surface area contributed by atoms with E-state index in [4.69, 9.17) is 0 Å². The molecule has 1 heterocycles. The average Bonchev–Trinajstić information content (AvgIpc) is 2.88. The Morgan fingerprint density at radius 3 is 2.71 bits per heavy atom. The number of carbonyl (C=O) groups is 1. The summed E-state index contributed by atoms with van der Waals surface area (Å²) in [5, 5.41) is 14.1. The van der Waals surface area contributed by atoms with Crippen LogP contribution in [0.4, 0.5) is 0 Å². The summed E-state index contributed by atoms with van der Waals surface area (Å²) < 4.78 is 0. The van der Waals surface area contributed by atoms with Crippen LogP contribution in [0.25, 0.3) is 0 Å². The van der Waals surface area contributed by atoms with Crippen LogP contribution in [0.2, 0.25) is 0 Å². The molecule has 3 atom stereocenters. The largest absolute Gasteiger partial charge is 0.378 e. The number of aromatic nitrogens is 1. The second kappa shape index (κ2) is 10.1. The molecule has 1 aromatic heterocycles. The smallest absolute Gasteiger partial charge is 0.251 e. The third-order valence-electron chi connectivity index (χ3n) is 7.54. The lowest BCUT2D eigenvalue weighted by atomic mass is 9.64. The minimum absolute atomic E-state index is 0.0326. The molecule has 1 fully saturated rings. The second-order valence-electron chi connectivity index (χ2n) is 9.91. The molecule has 3 aliphatic carbocycles. The number of benzene rings is 1. The van der Waals surface area contributed by atoms with Crippen molar-refractivity contribution in [2.75, 3.05) is 0 Å². The molecule has 0 saturated heterocycles. The van der Waals surface area contributed by atoms with E-state index in [1.807, 2.05) is 18.2 Å². The predicted octanol–water partition coefficient (Wildman–Crippen LogP) is 5.07. The van der Waals surface area contributed by atoms with Gasteiger partial charge in [0, 0.05) is 30.4 Å². The van der Waals surface area contributed by atoms with Crippen molar-refractivity contribution in [1.82, 2.24) is 10.3 Å². The van der Waals surface area contributed by atoms with Gasteiger partial charge in [-0.15, -0.1) is 5.92 Å². The van der Waals surface area contributed by atoms with Gasteiger partial charge in [0.05, 0.1) is 0 Å². The molecule has 1 saturated carbocycles. The molecule has 2 aromatic rings. The molecule has 3 aliphatic rings. The quantitative estimate of drug-likeness (QED) is 0.608. The monoisotopic (exact) mass is 464 g/mol. The van der Waals surface area contributed by atoms with E-state index in [0.717, 1.165) is 36.8 Å². The normalized spacial score (nSPS) is 25.3. The summed E-state index contributed by atoms with van der Waals surface area (Å²) in [5.74, 6) is 6.47. The van der Waals surface area contributed by atoms with Gasteiger partial charge in [-0.05, 0) is 91.8 Å². The summed E-state index contributed by atoms with van der Waals surface area (Å²) in [5.41, 5.74) is 6.35. The maximum atomic E-state index is 13.2. The number of pyridine rings is 1.